The van der Waals surface area contributed by atoms with Gasteiger partial charge in [-0.05, 0) is 12.8 Å². The van der Waals surface area contributed by atoms with E-state index in [0.29, 0.717) is 0 Å². The number of hydrogen-bond acceptors (Lipinski definition) is 3. The fourth-order valence-electron chi connectivity index (χ4n) is 2.56. The third kappa shape index (κ3) is 3.82. The molecule has 1 atom stereocenters. The molecule has 1 aliphatic carbocycles. The average molecular weight is 283 g/mol. The van der Waals surface area contributed by atoms with E-state index in [0.717, 1.165) is 19.4 Å². The minimum Gasteiger partial charge on any atom is -0.480 e. The van der Waals surface area contributed by atoms with E-state index in [2.05, 4.69) is 5.32 Å². The molecule has 2 rings (SSSR count). The minimum absolute atomic E-state index is 0.129. The van der Waals surface area contributed by atoms with E-state index in [4.69, 9.17) is 15.0 Å². The van der Waals surface area contributed by atoms with E-state index >= 15 is 0 Å². The van der Waals surface area contributed by atoms with Crippen molar-refractivity contribution in [3.05, 3.63) is 0 Å². The number of aliphatic carboxylic acids is 2. The highest BCUT2D eigenvalue weighted by atomic mass is 19.4. The van der Waals surface area contributed by atoms with E-state index in [1.807, 2.05) is 0 Å². The first-order chi connectivity index (χ1) is 8.69. The zero-order valence-electron chi connectivity index (χ0n) is 10.2. The molecule has 1 unspecified atom stereocenters. The van der Waals surface area contributed by atoms with Gasteiger partial charge in [0.1, 0.15) is 6.04 Å². The fraction of sp³-hybridized carbons (Fsp3) is 0.818. The Bertz CT molecular complexity index is 350. The zero-order chi connectivity index (χ0) is 14.7. The lowest BCUT2D eigenvalue weighted by Crippen LogP contribution is -2.66. The monoisotopic (exact) mass is 283 g/mol. The quantitative estimate of drug-likeness (QED) is 0.681. The molecule has 0 bridgehead atoms. The van der Waals surface area contributed by atoms with Gasteiger partial charge in [0.25, 0.3) is 0 Å². The summed E-state index contributed by atoms with van der Waals surface area (Å²) in [4.78, 5) is 19.7. The van der Waals surface area contributed by atoms with E-state index in [1.165, 1.54) is 19.3 Å². The Morgan fingerprint density at radius 3 is 1.84 bits per heavy atom. The molecule has 0 aromatic carbocycles. The predicted molar refractivity (Wildman–Crippen MR) is 58.6 cm³/mol. The van der Waals surface area contributed by atoms with Crippen LogP contribution < -0.4 is 5.32 Å². The average Bonchev–Trinajstić information content (AvgIpc) is 2.27. The van der Waals surface area contributed by atoms with Crippen LogP contribution in [0.2, 0.25) is 0 Å². The normalized spacial score (nSPS) is 24.9. The molecule has 2 fully saturated rings. The minimum atomic E-state index is -5.08. The van der Waals surface area contributed by atoms with E-state index in [1.54, 1.807) is 0 Å². The second-order valence-electron chi connectivity index (χ2n) is 4.88. The van der Waals surface area contributed by atoms with Crippen LogP contribution in [-0.2, 0) is 9.59 Å². The summed E-state index contributed by atoms with van der Waals surface area (Å²) >= 11 is 0. The highest BCUT2D eigenvalue weighted by molar-refractivity contribution is 5.76. The molecule has 19 heavy (non-hydrogen) atoms. The number of hydrogen-bond donors (Lipinski definition) is 3. The number of carbonyl (C=O) groups is 2. The van der Waals surface area contributed by atoms with Gasteiger partial charge in [-0.25, -0.2) is 4.79 Å². The highest BCUT2D eigenvalue weighted by Gasteiger charge is 2.50. The molecule has 0 aromatic heterocycles. The summed E-state index contributed by atoms with van der Waals surface area (Å²) in [6.07, 6.45) is 0.846. The van der Waals surface area contributed by atoms with Crippen molar-refractivity contribution in [1.82, 2.24) is 5.32 Å². The molecule has 0 radical (unpaired) electrons. The van der Waals surface area contributed by atoms with E-state index in [-0.39, 0.29) is 11.5 Å². The predicted octanol–water partition coefficient (Wildman–Crippen LogP) is 1.63. The van der Waals surface area contributed by atoms with Crippen LogP contribution in [0.25, 0.3) is 0 Å². The molecular formula is C11H16F3NO4. The van der Waals surface area contributed by atoms with Crippen molar-refractivity contribution in [2.24, 2.45) is 5.41 Å². The molecular weight excluding hydrogens is 267 g/mol. The van der Waals surface area contributed by atoms with Crippen LogP contribution in [0.4, 0.5) is 13.2 Å². The van der Waals surface area contributed by atoms with Crippen molar-refractivity contribution in [1.29, 1.82) is 0 Å². The van der Waals surface area contributed by atoms with Gasteiger partial charge in [-0.3, -0.25) is 4.79 Å². The van der Waals surface area contributed by atoms with E-state index < -0.39 is 18.1 Å². The smallest absolute Gasteiger partial charge is 0.480 e. The largest absolute Gasteiger partial charge is 0.490 e. The van der Waals surface area contributed by atoms with E-state index in [9.17, 15) is 18.0 Å². The van der Waals surface area contributed by atoms with Gasteiger partial charge >= 0.3 is 18.1 Å². The maximum Gasteiger partial charge on any atom is 0.490 e. The Morgan fingerprint density at radius 2 is 1.58 bits per heavy atom. The van der Waals surface area contributed by atoms with Crippen molar-refractivity contribution in [2.45, 2.75) is 44.3 Å². The highest BCUT2D eigenvalue weighted by Crippen LogP contribution is 2.43. The SMILES string of the molecule is O=C(O)C(F)(F)F.O=C(O)C1NCC12CCCCC2. The van der Waals surface area contributed by atoms with Gasteiger partial charge < -0.3 is 15.5 Å². The summed E-state index contributed by atoms with van der Waals surface area (Å²) in [6.45, 7) is 0.921. The maximum atomic E-state index is 10.8. The van der Waals surface area contributed by atoms with Gasteiger partial charge in [-0.1, -0.05) is 19.3 Å². The van der Waals surface area contributed by atoms with Crippen molar-refractivity contribution in [2.75, 3.05) is 6.54 Å². The lowest BCUT2D eigenvalue weighted by molar-refractivity contribution is -0.192. The summed E-state index contributed by atoms with van der Waals surface area (Å²) in [5, 5.41) is 19.0. The maximum absolute atomic E-state index is 10.8. The Hall–Kier alpha value is -1.31. The molecule has 0 aromatic rings. The number of rotatable bonds is 1. The first-order valence-electron chi connectivity index (χ1n) is 5.95. The number of halogens is 3. The lowest BCUT2D eigenvalue weighted by Gasteiger charge is -2.50. The zero-order valence-corrected chi connectivity index (χ0v) is 10.2. The molecule has 3 N–H and O–H groups in total. The van der Waals surface area contributed by atoms with Crippen LogP contribution in [0.5, 0.6) is 0 Å². The Morgan fingerprint density at radius 1 is 1.11 bits per heavy atom. The molecule has 1 saturated heterocycles. The topological polar surface area (TPSA) is 86.6 Å². The second kappa shape index (κ2) is 5.77. The molecule has 1 aliphatic heterocycles. The van der Waals surface area contributed by atoms with Crippen LogP contribution in [0.15, 0.2) is 0 Å². The first kappa shape index (κ1) is 15.7. The second-order valence-corrected chi connectivity index (χ2v) is 4.88. The van der Waals surface area contributed by atoms with Gasteiger partial charge in [0.15, 0.2) is 0 Å². The van der Waals surface area contributed by atoms with Gasteiger partial charge in [0, 0.05) is 12.0 Å². The summed E-state index contributed by atoms with van der Waals surface area (Å²) < 4.78 is 31.7. The van der Waals surface area contributed by atoms with Crippen molar-refractivity contribution < 1.29 is 33.0 Å². The number of carboxylic acids is 2. The molecule has 2 aliphatic rings. The molecule has 110 valence electrons. The molecule has 8 heteroatoms. The van der Waals surface area contributed by atoms with Gasteiger partial charge in [-0.2, -0.15) is 13.2 Å². The number of carboxylic acid groups (broad SMARTS) is 2. The summed E-state index contributed by atoms with van der Waals surface area (Å²) in [6, 6.07) is -0.252. The summed E-state index contributed by atoms with van der Waals surface area (Å²) in [5.74, 6) is -3.42. The molecule has 1 spiro atoms. The van der Waals surface area contributed by atoms with Crippen molar-refractivity contribution in [3.8, 4) is 0 Å². The van der Waals surface area contributed by atoms with Crippen molar-refractivity contribution in [3.63, 3.8) is 0 Å². The third-order valence-corrected chi connectivity index (χ3v) is 3.61. The van der Waals surface area contributed by atoms with Gasteiger partial charge in [-0.15, -0.1) is 0 Å². The molecule has 0 amide bonds. The third-order valence-electron chi connectivity index (χ3n) is 3.61. The van der Waals surface area contributed by atoms with Crippen molar-refractivity contribution >= 4 is 11.9 Å². The summed E-state index contributed by atoms with van der Waals surface area (Å²) in [7, 11) is 0. The standard InChI is InChI=1S/C9H15NO2.C2HF3O2/c11-8(12)7-9(6-10-7)4-2-1-3-5-9;3-2(4,5)1(6)7/h7,10H,1-6H2,(H,11,12);(H,6,7). The Balaban J connectivity index is 0.000000224. The van der Waals surface area contributed by atoms with Crippen LogP contribution in [0, 0.1) is 5.41 Å². The summed E-state index contributed by atoms with van der Waals surface area (Å²) in [5.41, 5.74) is 0.129. The number of nitrogens with one attached hydrogen (secondary N) is 1. The molecule has 1 saturated carbocycles. The van der Waals surface area contributed by atoms with Gasteiger partial charge in [0.2, 0.25) is 0 Å². The molecule has 1 heterocycles. The number of alkyl halides is 3. The lowest BCUT2D eigenvalue weighted by atomic mass is 9.64. The van der Waals surface area contributed by atoms with Gasteiger partial charge in [0.05, 0.1) is 0 Å². The van der Waals surface area contributed by atoms with Crippen LogP contribution in [-0.4, -0.2) is 40.9 Å². The van der Waals surface area contributed by atoms with Crippen LogP contribution in [0.1, 0.15) is 32.1 Å². The Kier molecular flexibility index (Phi) is 4.78. The van der Waals surface area contributed by atoms with Crippen LogP contribution in [0.3, 0.4) is 0 Å². The first-order valence-corrected chi connectivity index (χ1v) is 5.95. The van der Waals surface area contributed by atoms with Crippen LogP contribution >= 0.6 is 0 Å². The Labute approximate surface area is 107 Å². The molecule has 5 nitrogen and oxygen atoms in total. The fourth-order valence-corrected chi connectivity index (χ4v) is 2.56.